The van der Waals surface area contributed by atoms with Crippen molar-refractivity contribution in [1.82, 2.24) is 19.4 Å². The molecule has 102 valence electrons. The first-order valence-electron chi connectivity index (χ1n) is 5.90. The maximum Gasteiger partial charge on any atom is 0.268 e. The molecule has 0 bridgehead atoms. The highest BCUT2D eigenvalue weighted by Gasteiger charge is 2.12. The molecule has 0 radical (unpaired) electrons. The third-order valence-electron chi connectivity index (χ3n) is 2.91. The number of hydrogen-bond acceptors (Lipinski definition) is 6. The average Bonchev–Trinajstić information content (AvgIpc) is 2.81. The van der Waals surface area contributed by atoms with Gasteiger partial charge in [0.2, 0.25) is 0 Å². The van der Waals surface area contributed by atoms with Gasteiger partial charge in [-0.05, 0) is 20.8 Å². The lowest BCUT2D eigenvalue weighted by molar-refractivity contribution is 0.608. The maximum atomic E-state index is 12.1. The highest BCUT2D eigenvalue weighted by atomic mass is 32.1. The molecule has 2 aromatic rings. The number of rotatable bonds is 4. The van der Waals surface area contributed by atoms with Crippen molar-refractivity contribution in [2.45, 2.75) is 27.3 Å². The van der Waals surface area contributed by atoms with Crippen molar-refractivity contribution < 1.29 is 0 Å². The monoisotopic (exact) mass is 281 g/mol. The Kier molecular flexibility index (Phi) is 3.79. The van der Waals surface area contributed by atoms with Crippen LogP contribution in [0.25, 0.3) is 0 Å². The highest BCUT2D eigenvalue weighted by molar-refractivity contribution is 7.10. The Bertz CT molecular complexity index is 700. The summed E-state index contributed by atoms with van der Waals surface area (Å²) in [4.78, 5) is 23.8. The molecule has 0 spiro atoms. The summed E-state index contributed by atoms with van der Waals surface area (Å²) >= 11 is 1.23. The van der Waals surface area contributed by atoms with E-state index >= 15 is 0 Å². The van der Waals surface area contributed by atoms with E-state index in [4.69, 9.17) is 0 Å². The van der Waals surface area contributed by atoms with E-state index in [0.717, 1.165) is 11.5 Å². The fourth-order valence-electron chi connectivity index (χ4n) is 1.66. The topological polar surface area (TPSA) is 92.7 Å². The lowest BCUT2D eigenvalue weighted by atomic mass is 10.2. The molecule has 2 N–H and O–H groups in total. The van der Waals surface area contributed by atoms with Gasteiger partial charge in [0, 0.05) is 29.2 Å². The summed E-state index contributed by atoms with van der Waals surface area (Å²) in [7, 11) is 0. The second-order valence-electron chi connectivity index (χ2n) is 4.16. The summed E-state index contributed by atoms with van der Waals surface area (Å²) in [5.41, 5.74) is 1.08. The van der Waals surface area contributed by atoms with Crippen LogP contribution in [0.3, 0.4) is 0 Å². The molecule has 2 heterocycles. The predicted octanol–water partition coefficient (Wildman–Crippen LogP) is 0.485. The number of nitrogens with one attached hydrogen (secondary N) is 2. The minimum absolute atomic E-state index is 0.202. The van der Waals surface area contributed by atoms with Crippen LogP contribution in [0.5, 0.6) is 0 Å². The van der Waals surface area contributed by atoms with Crippen LogP contribution in [0.15, 0.2) is 9.59 Å². The number of aromatic amines is 1. The molecule has 19 heavy (non-hydrogen) atoms. The van der Waals surface area contributed by atoms with Crippen LogP contribution in [-0.2, 0) is 6.54 Å². The van der Waals surface area contributed by atoms with Gasteiger partial charge >= 0.3 is 0 Å². The van der Waals surface area contributed by atoms with Gasteiger partial charge in [0.1, 0.15) is 10.7 Å². The molecule has 2 rings (SSSR count). The molecule has 0 aromatic carbocycles. The van der Waals surface area contributed by atoms with Crippen molar-refractivity contribution in [2.75, 3.05) is 11.9 Å². The Labute approximate surface area is 113 Å². The molecule has 0 saturated heterocycles. The summed E-state index contributed by atoms with van der Waals surface area (Å²) < 4.78 is 5.12. The first-order valence-corrected chi connectivity index (χ1v) is 6.67. The molecular weight excluding hydrogens is 266 g/mol. The van der Waals surface area contributed by atoms with E-state index in [9.17, 15) is 9.59 Å². The summed E-state index contributed by atoms with van der Waals surface area (Å²) in [6, 6.07) is 0. The van der Waals surface area contributed by atoms with Crippen LogP contribution in [-0.4, -0.2) is 25.9 Å². The number of anilines is 1. The smallest absolute Gasteiger partial charge is 0.268 e. The third kappa shape index (κ3) is 2.58. The summed E-state index contributed by atoms with van der Waals surface area (Å²) in [6.07, 6.45) is 0. The van der Waals surface area contributed by atoms with Gasteiger partial charge in [-0.3, -0.25) is 14.7 Å². The lowest BCUT2D eigenvalue weighted by Gasteiger charge is -2.07. The zero-order valence-corrected chi connectivity index (χ0v) is 11.8. The van der Waals surface area contributed by atoms with E-state index in [1.807, 2.05) is 6.92 Å². The summed E-state index contributed by atoms with van der Waals surface area (Å²) in [5, 5.41) is 10.5. The molecule has 2 aromatic heterocycles. The van der Waals surface area contributed by atoms with E-state index < -0.39 is 0 Å². The Morgan fingerprint density at radius 1 is 1.32 bits per heavy atom. The normalized spacial score (nSPS) is 10.7. The fraction of sp³-hybridized carbons (Fsp3) is 0.455. The van der Waals surface area contributed by atoms with Gasteiger partial charge in [-0.25, -0.2) is 4.68 Å². The van der Waals surface area contributed by atoms with E-state index in [-0.39, 0.29) is 17.7 Å². The van der Waals surface area contributed by atoms with Crippen molar-refractivity contribution in [2.24, 2.45) is 0 Å². The van der Waals surface area contributed by atoms with Crippen LogP contribution >= 0.6 is 11.5 Å². The number of nitrogens with zero attached hydrogens (tertiary/aromatic N) is 3. The van der Waals surface area contributed by atoms with Crippen LogP contribution in [0.1, 0.15) is 23.7 Å². The third-order valence-corrected chi connectivity index (χ3v) is 3.63. The van der Waals surface area contributed by atoms with E-state index in [2.05, 4.69) is 20.0 Å². The van der Waals surface area contributed by atoms with Crippen LogP contribution in [0.2, 0.25) is 0 Å². The Morgan fingerprint density at radius 2 is 2.05 bits per heavy atom. The van der Waals surface area contributed by atoms with Crippen molar-refractivity contribution in [3.05, 3.63) is 37.5 Å². The molecule has 0 fully saturated rings. The minimum atomic E-state index is -0.259. The SMILES string of the molecule is CCNc1snnc1Cn1[nH]c(=O)c(C)c(C)c1=O. The van der Waals surface area contributed by atoms with Gasteiger partial charge in [-0.1, -0.05) is 4.49 Å². The Balaban J connectivity index is 2.42. The maximum absolute atomic E-state index is 12.1. The first kappa shape index (κ1) is 13.5. The first-order chi connectivity index (χ1) is 9.04. The van der Waals surface area contributed by atoms with Crippen LogP contribution in [0, 0.1) is 13.8 Å². The molecule has 0 saturated carbocycles. The van der Waals surface area contributed by atoms with Gasteiger partial charge in [0.25, 0.3) is 11.1 Å². The standard InChI is InChI=1S/C11H15N5O2S/c1-4-12-10-8(13-15-19-10)5-16-11(18)7(3)6(2)9(17)14-16/h12H,4-5H2,1-3H3,(H,14,17). The second-order valence-corrected chi connectivity index (χ2v) is 4.92. The van der Waals surface area contributed by atoms with Crippen LogP contribution < -0.4 is 16.4 Å². The number of hydrogen-bond donors (Lipinski definition) is 2. The molecule has 0 unspecified atom stereocenters. The zero-order valence-electron chi connectivity index (χ0n) is 11.0. The summed E-state index contributed by atoms with van der Waals surface area (Å²) in [5.74, 6) is 0. The van der Waals surface area contributed by atoms with Gasteiger partial charge in [-0.2, -0.15) is 0 Å². The van der Waals surface area contributed by atoms with Gasteiger partial charge in [-0.15, -0.1) is 5.10 Å². The lowest BCUT2D eigenvalue weighted by Crippen LogP contribution is -2.33. The summed E-state index contributed by atoms with van der Waals surface area (Å²) in [6.45, 7) is 6.19. The fourth-order valence-corrected chi connectivity index (χ4v) is 2.30. The minimum Gasteiger partial charge on any atom is -0.374 e. The molecule has 0 aliphatic heterocycles. The van der Waals surface area contributed by atoms with Gasteiger partial charge < -0.3 is 5.32 Å². The van der Waals surface area contributed by atoms with E-state index in [0.29, 0.717) is 16.8 Å². The van der Waals surface area contributed by atoms with Crippen molar-refractivity contribution >= 4 is 16.5 Å². The molecule has 0 atom stereocenters. The van der Waals surface area contributed by atoms with Gasteiger partial charge in [0.05, 0.1) is 6.54 Å². The largest absolute Gasteiger partial charge is 0.374 e. The van der Waals surface area contributed by atoms with Crippen molar-refractivity contribution in [3.8, 4) is 0 Å². The Hall–Kier alpha value is -1.96. The molecular formula is C11H15N5O2S. The van der Waals surface area contributed by atoms with Crippen molar-refractivity contribution in [1.29, 1.82) is 0 Å². The molecule has 0 amide bonds. The van der Waals surface area contributed by atoms with Gasteiger partial charge in [0.15, 0.2) is 0 Å². The predicted molar refractivity (Wildman–Crippen MR) is 74.0 cm³/mol. The Morgan fingerprint density at radius 3 is 2.74 bits per heavy atom. The number of H-pyrrole nitrogens is 1. The molecule has 0 aliphatic carbocycles. The zero-order chi connectivity index (χ0) is 14.0. The number of aromatic nitrogens is 4. The average molecular weight is 281 g/mol. The van der Waals surface area contributed by atoms with Crippen LogP contribution in [0.4, 0.5) is 5.00 Å². The molecule has 8 heteroatoms. The quantitative estimate of drug-likeness (QED) is 0.850. The molecule has 0 aliphatic rings. The van der Waals surface area contributed by atoms with Crippen molar-refractivity contribution in [3.63, 3.8) is 0 Å². The van der Waals surface area contributed by atoms with E-state index in [1.54, 1.807) is 13.8 Å². The molecule has 7 nitrogen and oxygen atoms in total. The van der Waals surface area contributed by atoms with E-state index in [1.165, 1.54) is 16.2 Å². The highest BCUT2D eigenvalue weighted by Crippen LogP contribution is 2.17. The second kappa shape index (κ2) is 5.35.